The Morgan fingerprint density at radius 2 is 1.89 bits per heavy atom. The van der Waals surface area contributed by atoms with Gasteiger partial charge in [-0.2, -0.15) is 0 Å². The molecule has 18 heavy (non-hydrogen) atoms. The van der Waals surface area contributed by atoms with Gasteiger partial charge < -0.3 is 21.1 Å². The molecule has 0 spiro atoms. The molecule has 4 N–H and O–H groups in total. The number of piperidine rings is 1. The number of nitrogens with one attached hydrogen (secondary N) is 1. The third-order valence-electron chi connectivity index (χ3n) is 4.31. The zero-order valence-corrected chi connectivity index (χ0v) is 11.0. The van der Waals surface area contributed by atoms with E-state index in [1.54, 1.807) is 4.90 Å². The smallest absolute Gasteiger partial charge is 0.314 e. The number of carbonyl (C=O) groups is 1. The lowest BCUT2D eigenvalue weighted by atomic mass is 9.84. The molecule has 0 atom stereocenters. The number of nitrogens with zero attached hydrogens (tertiary/aromatic N) is 1. The van der Waals surface area contributed by atoms with Crippen molar-refractivity contribution in [2.75, 3.05) is 19.6 Å². The first-order valence-corrected chi connectivity index (χ1v) is 7.09. The lowest BCUT2D eigenvalue weighted by Gasteiger charge is -2.36. The van der Waals surface area contributed by atoms with E-state index in [-0.39, 0.29) is 6.03 Å². The van der Waals surface area contributed by atoms with Crippen LogP contribution in [0.25, 0.3) is 0 Å². The van der Waals surface area contributed by atoms with Gasteiger partial charge in [-0.15, -0.1) is 0 Å². The van der Waals surface area contributed by atoms with E-state index in [9.17, 15) is 9.90 Å². The summed E-state index contributed by atoms with van der Waals surface area (Å²) in [4.78, 5) is 12.7. The van der Waals surface area contributed by atoms with Crippen molar-refractivity contribution in [3.8, 4) is 0 Å². The highest BCUT2D eigenvalue weighted by molar-refractivity contribution is 5.72. The number of primary amides is 1. The average molecular weight is 255 g/mol. The molecule has 0 aromatic carbocycles. The normalized spacial score (nSPS) is 25.1. The molecule has 104 valence electrons. The van der Waals surface area contributed by atoms with E-state index in [0.29, 0.717) is 12.6 Å². The number of amides is 2. The van der Waals surface area contributed by atoms with E-state index in [1.165, 1.54) is 6.42 Å². The molecule has 5 heteroatoms. The van der Waals surface area contributed by atoms with Crippen LogP contribution >= 0.6 is 0 Å². The second-order valence-electron chi connectivity index (χ2n) is 5.77. The Balaban J connectivity index is 1.70. The molecule has 2 amide bonds. The highest BCUT2D eigenvalue weighted by Crippen LogP contribution is 2.27. The van der Waals surface area contributed by atoms with Gasteiger partial charge in [0, 0.05) is 25.7 Å². The zero-order chi connectivity index (χ0) is 13.0. The minimum absolute atomic E-state index is 0.320. The molecule has 0 bridgehead atoms. The van der Waals surface area contributed by atoms with E-state index < -0.39 is 5.60 Å². The summed E-state index contributed by atoms with van der Waals surface area (Å²) in [6.07, 6.45) is 7.22. The first-order valence-electron chi connectivity index (χ1n) is 7.09. The SMILES string of the molecule is NC(=O)N1CCC(NCC2(O)CCCCC2)CC1. The number of urea groups is 1. The van der Waals surface area contributed by atoms with Gasteiger partial charge in [0.05, 0.1) is 5.60 Å². The van der Waals surface area contributed by atoms with E-state index in [4.69, 9.17) is 5.73 Å². The highest BCUT2D eigenvalue weighted by Gasteiger charge is 2.30. The largest absolute Gasteiger partial charge is 0.389 e. The Kier molecular flexibility index (Phi) is 4.45. The van der Waals surface area contributed by atoms with Crippen molar-refractivity contribution < 1.29 is 9.90 Å². The quantitative estimate of drug-likeness (QED) is 0.698. The maximum atomic E-state index is 11.0. The summed E-state index contributed by atoms with van der Waals surface area (Å²) >= 11 is 0. The molecule has 2 fully saturated rings. The van der Waals surface area contributed by atoms with Crippen molar-refractivity contribution in [3.05, 3.63) is 0 Å². The van der Waals surface area contributed by atoms with E-state index in [2.05, 4.69) is 5.32 Å². The van der Waals surface area contributed by atoms with E-state index in [0.717, 1.165) is 51.6 Å². The standard InChI is InChI=1S/C13H25N3O2/c14-12(17)16-8-4-11(5-9-16)15-10-13(18)6-2-1-3-7-13/h11,15,18H,1-10H2,(H2,14,17). The molecule has 1 saturated heterocycles. The Bertz CT molecular complexity index is 282. The summed E-state index contributed by atoms with van der Waals surface area (Å²) in [5.41, 5.74) is 4.75. The van der Waals surface area contributed by atoms with Crippen LogP contribution in [0.3, 0.4) is 0 Å². The minimum Gasteiger partial charge on any atom is -0.389 e. The molecule has 0 aromatic rings. The Morgan fingerprint density at radius 1 is 1.28 bits per heavy atom. The molecule has 5 nitrogen and oxygen atoms in total. The van der Waals surface area contributed by atoms with E-state index >= 15 is 0 Å². The Hall–Kier alpha value is -0.810. The number of carbonyl (C=O) groups excluding carboxylic acids is 1. The van der Waals surface area contributed by atoms with Crippen LogP contribution in [-0.4, -0.2) is 47.3 Å². The van der Waals surface area contributed by atoms with Crippen molar-refractivity contribution in [1.29, 1.82) is 0 Å². The molecule has 1 heterocycles. The van der Waals surface area contributed by atoms with Gasteiger partial charge in [0.15, 0.2) is 0 Å². The van der Waals surface area contributed by atoms with Gasteiger partial charge in [-0.25, -0.2) is 4.79 Å². The first kappa shape index (κ1) is 13.6. The highest BCUT2D eigenvalue weighted by atomic mass is 16.3. The van der Waals surface area contributed by atoms with Gasteiger partial charge >= 0.3 is 6.03 Å². The lowest BCUT2D eigenvalue weighted by molar-refractivity contribution is 0.00112. The molecular formula is C13H25N3O2. The van der Waals surface area contributed by atoms with Crippen molar-refractivity contribution in [2.24, 2.45) is 5.73 Å². The monoisotopic (exact) mass is 255 g/mol. The number of hydrogen-bond acceptors (Lipinski definition) is 3. The lowest BCUT2D eigenvalue weighted by Crippen LogP contribution is -2.50. The van der Waals surface area contributed by atoms with Gasteiger partial charge in [-0.05, 0) is 25.7 Å². The van der Waals surface area contributed by atoms with Crippen molar-refractivity contribution in [2.45, 2.75) is 56.6 Å². The molecule has 1 aliphatic carbocycles. The van der Waals surface area contributed by atoms with Crippen LogP contribution in [0, 0.1) is 0 Å². The average Bonchev–Trinajstić information content (AvgIpc) is 2.38. The van der Waals surface area contributed by atoms with Gasteiger partial charge in [0.25, 0.3) is 0 Å². The predicted octanol–water partition coefficient (Wildman–Crippen LogP) is 0.814. The summed E-state index contributed by atoms with van der Waals surface area (Å²) in [7, 11) is 0. The summed E-state index contributed by atoms with van der Waals surface area (Å²) in [5.74, 6) is 0. The summed E-state index contributed by atoms with van der Waals surface area (Å²) in [6.45, 7) is 2.14. The number of likely N-dealkylation sites (tertiary alicyclic amines) is 1. The number of nitrogens with two attached hydrogens (primary N) is 1. The van der Waals surface area contributed by atoms with Gasteiger partial charge in [-0.3, -0.25) is 0 Å². The maximum absolute atomic E-state index is 11.0. The second-order valence-corrected chi connectivity index (χ2v) is 5.77. The maximum Gasteiger partial charge on any atom is 0.314 e. The fourth-order valence-corrected chi connectivity index (χ4v) is 3.02. The number of aliphatic hydroxyl groups is 1. The summed E-state index contributed by atoms with van der Waals surface area (Å²) in [5, 5.41) is 13.9. The Labute approximate surface area is 109 Å². The Morgan fingerprint density at radius 3 is 2.44 bits per heavy atom. The molecular weight excluding hydrogens is 230 g/mol. The van der Waals surface area contributed by atoms with Crippen molar-refractivity contribution in [1.82, 2.24) is 10.2 Å². The van der Waals surface area contributed by atoms with Crippen LogP contribution in [0.1, 0.15) is 44.9 Å². The number of rotatable bonds is 3. The molecule has 1 aliphatic heterocycles. The topological polar surface area (TPSA) is 78.6 Å². The molecule has 2 aliphatic rings. The molecule has 0 unspecified atom stereocenters. The molecule has 0 aromatic heterocycles. The van der Waals surface area contributed by atoms with Gasteiger partial charge in [0.2, 0.25) is 0 Å². The van der Waals surface area contributed by atoms with Crippen LogP contribution in [0.15, 0.2) is 0 Å². The van der Waals surface area contributed by atoms with Crippen molar-refractivity contribution in [3.63, 3.8) is 0 Å². The fraction of sp³-hybridized carbons (Fsp3) is 0.923. The van der Waals surface area contributed by atoms with Crippen LogP contribution in [0.5, 0.6) is 0 Å². The van der Waals surface area contributed by atoms with Crippen LogP contribution in [0.2, 0.25) is 0 Å². The second kappa shape index (κ2) is 5.89. The van der Waals surface area contributed by atoms with Crippen LogP contribution in [0.4, 0.5) is 4.79 Å². The molecule has 1 saturated carbocycles. The minimum atomic E-state index is -0.501. The predicted molar refractivity (Wildman–Crippen MR) is 70.2 cm³/mol. The third-order valence-corrected chi connectivity index (χ3v) is 4.31. The summed E-state index contributed by atoms with van der Waals surface area (Å²) < 4.78 is 0. The molecule has 2 rings (SSSR count). The first-order chi connectivity index (χ1) is 8.59. The van der Waals surface area contributed by atoms with Crippen LogP contribution in [-0.2, 0) is 0 Å². The van der Waals surface area contributed by atoms with E-state index in [1.807, 2.05) is 0 Å². The van der Waals surface area contributed by atoms with Gasteiger partial charge in [0.1, 0.15) is 0 Å². The van der Waals surface area contributed by atoms with Crippen LogP contribution < -0.4 is 11.1 Å². The zero-order valence-electron chi connectivity index (χ0n) is 11.0. The summed E-state index contributed by atoms with van der Waals surface area (Å²) in [6, 6.07) is 0.0888. The fourth-order valence-electron chi connectivity index (χ4n) is 3.02. The number of hydrogen-bond donors (Lipinski definition) is 3. The van der Waals surface area contributed by atoms with Gasteiger partial charge in [-0.1, -0.05) is 19.3 Å². The third kappa shape index (κ3) is 3.59. The molecule has 0 radical (unpaired) electrons. The van der Waals surface area contributed by atoms with Crippen molar-refractivity contribution >= 4 is 6.03 Å².